The molecule has 0 saturated carbocycles. The third kappa shape index (κ3) is 6.32. The van der Waals surface area contributed by atoms with Crippen LogP contribution in [0.25, 0.3) is 10.9 Å². The van der Waals surface area contributed by atoms with Crippen molar-refractivity contribution >= 4 is 28.6 Å². The zero-order valence-electron chi connectivity index (χ0n) is 23.1. The van der Waals surface area contributed by atoms with Crippen molar-refractivity contribution in [2.45, 2.75) is 65.6 Å². The number of nitrogens with one attached hydrogen (secondary N) is 2. The van der Waals surface area contributed by atoms with Gasteiger partial charge in [-0.15, -0.1) is 0 Å². The highest BCUT2D eigenvalue weighted by molar-refractivity contribution is 5.92. The second kappa shape index (κ2) is 11.7. The Bertz CT molecular complexity index is 1430. The number of H-pyrrole nitrogens is 1. The molecule has 0 fully saturated rings. The SMILES string of the molecule is Cc1nc2n(n1)CCN(C(=O)c1nc3ccccc3c(=O)[nH]1)CCCC(=O)N(C)[C@@H](C)C(=O)N[C@@H]2CC(C)C. The summed E-state index contributed by atoms with van der Waals surface area (Å²) in [6.07, 6.45) is 1.15. The van der Waals surface area contributed by atoms with E-state index in [-0.39, 0.29) is 43.1 Å². The molecule has 12 nitrogen and oxygen atoms in total. The average Bonchev–Trinajstić information content (AvgIpc) is 3.28. The zero-order chi connectivity index (χ0) is 28.3. The predicted octanol–water partition coefficient (Wildman–Crippen LogP) is 1.81. The van der Waals surface area contributed by atoms with E-state index in [0.29, 0.717) is 41.9 Å². The summed E-state index contributed by atoms with van der Waals surface area (Å²) in [5, 5.41) is 8.02. The molecule has 2 atom stereocenters. The van der Waals surface area contributed by atoms with Gasteiger partial charge in [-0.05, 0) is 44.7 Å². The molecule has 0 saturated heterocycles. The van der Waals surface area contributed by atoms with Gasteiger partial charge >= 0.3 is 0 Å². The van der Waals surface area contributed by atoms with E-state index in [9.17, 15) is 19.2 Å². The quantitative estimate of drug-likeness (QED) is 0.519. The highest BCUT2D eigenvalue weighted by Crippen LogP contribution is 2.21. The molecule has 2 N–H and O–H groups in total. The normalized spacial score (nSPS) is 19.6. The van der Waals surface area contributed by atoms with Crippen molar-refractivity contribution < 1.29 is 14.4 Å². The molecule has 39 heavy (non-hydrogen) atoms. The summed E-state index contributed by atoms with van der Waals surface area (Å²) in [7, 11) is 1.61. The van der Waals surface area contributed by atoms with E-state index in [4.69, 9.17) is 0 Å². The van der Waals surface area contributed by atoms with Crippen LogP contribution in [0, 0.1) is 12.8 Å². The number of para-hydroxylation sites is 1. The zero-order valence-corrected chi connectivity index (χ0v) is 23.1. The monoisotopic (exact) mass is 536 g/mol. The number of likely N-dealkylation sites (N-methyl/N-ethyl adjacent to an activating group) is 1. The molecule has 12 heteroatoms. The van der Waals surface area contributed by atoms with Crippen LogP contribution in [-0.2, 0) is 16.1 Å². The average molecular weight is 537 g/mol. The lowest BCUT2D eigenvalue weighted by Crippen LogP contribution is -2.48. The lowest BCUT2D eigenvalue weighted by molar-refractivity contribution is -0.138. The van der Waals surface area contributed by atoms with E-state index in [1.165, 1.54) is 4.90 Å². The molecule has 1 aromatic carbocycles. The van der Waals surface area contributed by atoms with E-state index < -0.39 is 23.6 Å². The van der Waals surface area contributed by atoms with Crippen LogP contribution < -0.4 is 10.9 Å². The Morgan fingerprint density at radius 1 is 1.10 bits per heavy atom. The number of aromatic amines is 1. The lowest BCUT2D eigenvalue weighted by Gasteiger charge is -2.29. The Morgan fingerprint density at radius 3 is 2.59 bits per heavy atom. The van der Waals surface area contributed by atoms with Crippen molar-refractivity contribution in [3.63, 3.8) is 0 Å². The van der Waals surface area contributed by atoms with Gasteiger partial charge in [0.25, 0.3) is 11.5 Å². The Balaban J connectivity index is 1.69. The summed E-state index contributed by atoms with van der Waals surface area (Å²) in [5.74, 6) is 0.445. The number of rotatable bonds is 3. The van der Waals surface area contributed by atoms with Crippen LogP contribution in [0.5, 0.6) is 0 Å². The van der Waals surface area contributed by atoms with Gasteiger partial charge < -0.3 is 20.1 Å². The number of carbonyl (C=O) groups excluding carboxylic acids is 3. The summed E-state index contributed by atoms with van der Waals surface area (Å²) in [5.41, 5.74) is 0.0391. The van der Waals surface area contributed by atoms with Crippen molar-refractivity contribution in [3.05, 3.63) is 52.1 Å². The fourth-order valence-corrected chi connectivity index (χ4v) is 4.74. The Morgan fingerprint density at radius 2 is 1.85 bits per heavy atom. The fourth-order valence-electron chi connectivity index (χ4n) is 4.74. The number of nitrogens with zero attached hydrogens (tertiary/aromatic N) is 6. The molecule has 3 amide bonds. The van der Waals surface area contributed by atoms with Gasteiger partial charge in [0.2, 0.25) is 11.8 Å². The molecule has 3 heterocycles. The van der Waals surface area contributed by atoms with Crippen molar-refractivity contribution in [3.8, 4) is 0 Å². The Labute approximate surface area is 226 Å². The predicted molar refractivity (Wildman–Crippen MR) is 145 cm³/mol. The molecule has 2 aromatic heterocycles. The van der Waals surface area contributed by atoms with Gasteiger partial charge in [-0.25, -0.2) is 14.6 Å². The maximum absolute atomic E-state index is 13.6. The first-order valence-corrected chi connectivity index (χ1v) is 13.3. The largest absolute Gasteiger partial charge is 0.344 e. The second-order valence-corrected chi connectivity index (χ2v) is 10.4. The van der Waals surface area contributed by atoms with Crippen LogP contribution in [0.2, 0.25) is 0 Å². The molecule has 0 unspecified atom stereocenters. The first kappa shape index (κ1) is 27.9. The Kier molecular flexibility index (Phi) is 8.41. The van der Waals surface area contributed by atoms with Crippen molar-refractivity contribution in [2.24, 2.45) is 5.92 Å². The van der Waals surface area contributed by atoms with Gasteiger partial charge in [0.1, 0.15) is 17.7 Å². The van der Waals surface area contributed by atoms with Crippen LogP contribution in [0.4, 0.5) is 0 Å². The highest BCUT2D eigenvalue weighted by atomic mass is 16.2. The molecule has 0 bridgehead atoms. The molecule has 1 aliphatic rings. The Hall–Kier alpha value is -4.09. The minimum Gasteiger partial charge on any atom is -0.344 e. The summed E-state index contributed by atoms with van der Waals surface area (Å²) in [6.45, 7) is 8.41. The number of aryl methyl sites for hydroxylation is 1. The number of benzene rings is 1. The first-order valence-electron chi connectivity index (χ1n) is 13.3. The maximum Gasteiger partial charge on any atom is 0.289 e. The lowest BCUT2D eigenvalue weighted by atomic mass is 10.0. The number of hydrogen-bond acceptors (Lipinski definition) is 7. The van der Waals surface area contributed by atoms with Gasteiger partial charge in [0.05, 0.1) is 23.5 Å². The fraction of sp³-hybridized carbons (Fsp3) is 0.519. The van der Waals surface area contributed by atoms with Gasteiger partial charge in [-0.1, -0.05) is 26.0 Å². The van der Waals surface area contributed by atoms with Crippen molar-refractivity contribution in [1.82, 2.24) is 39.8 Å². The number of amides is 3. The third-order valence-corrected chi connectivity index (χ3v) is 7.00. The number of aromatic nitrogens is 5. The van der Waals surface area contributed by atoms with E-state index in [1.807, 2.05) is 0 Å². The van der Waals surface area contributed by atoms with Crippen molar-refractivity contribution in [1.29, 1.82) is 0 Å². The molecule has 0 radical (unpaired) electrons. The summed E-state index contributed by atoms with van der Waals surface area (Å²) in [4.78, 5) is 66.9. The van der Waals surface area contributed by atoms with Crippen LogP contribution >= 0.6 is 0 Å². The van der Waals surface area contributed by atoms with E-state index in [1.54, 1.807) is 54.7 Å². The van der Waals surface area contributed by atoms with E-state index >= 15 is 0 Å². The maximum atomic E-state index is 13.6. The molecular formula is C27H36N8O4. The smallest absolute Gasteiger partial charge is 0.289 e. The van der Waals surface area contributed by atoms with Crippen LogP contribution in [0.3, 0.4) is 0 Å². The minimum absolute atomic E-state index is 0.0585. The van der Waals surface area contributed by atoms with Gasteiger partial charge in [-0.3, -0.25) is 19.2 Å². The molecular weight excluding hydrogens is 500 g/mol. The van der Waals surface area contributed by atoms with Gasteiger partial charge in [-0.2, -0.15) is 5.10 Å². The van der Waals surface area contributed by atoms with Crippen molar-refractivity contribution in [2.75, 3.05) is 20.1 Å². The van der Waals surface area contributed by atoms with Gasteiger partial charge in [0, 0.05) is 26.6 Å². The van der Waals surface area contributed by atoms with Crippen LogP contribution in [-0.4, -0.2) is 78.4 Å². The molecule has 4 rings (SSSR count). The topological polar surface area (TPSA) is 146 Å². The van der Waals surface area contributed by atoms with E-state index in [2.05, 4.69) is 39.2 Å². The molecule has 1 aliphatic heterocycles. The minimum atomic E-state index is -0.683. The molecule has 0 aliphatic carbocycles. The molecule has 3 aromatic rings. The highest BCUT2D eigenvalue weighted by Gasteiger charge is 2.29. The number of carbonyl (C=O) groups is 3. The molecule has 0 spiro atoms. The van der Waals surface area contributed by atoms with Crippen LogP contribution in [0.1, 0.15) is 68.3 Å². The van der Waals surface area contributed by atoms with E-state index in [0.717, 1.165) is 0 Å². The number of hydrogen-bond donors (Lipinski definition) is 2. The van der Waals surface area contributed by atoms with Crippen LogP contribution in [0.15, 0.2) is 29.1 Å². The standard InChI is InChI=1S/C27H36N8O4/c1-16(2)15-21-24-28-18(4)32-35(24)14-13-34(12-8-11-22(36)33(5)17(3)25(37)30-21)27(39)23-29-20-10-7-6-9-19(20)26(38)31-23/h6-7,9-10,16-17,21H,8,11-15H2,1-5H3,(H,30,37)(H,29,31,38)/t17-,21+/m0/s1. The van der Waals surface area contributed by atoms with Gasteiger partial charge in [0.15, 0.2) is 5.82 Å². The summed E-state index contributed by atoms with van der Waals surface area (Å²) < 4.78 is 1.73. The summed E-state index contributed by atoms with van der Waals surface area (Å²) in [6, 6.07) is 5.74. The number of fused-ring (bicyclic) bond motifs is 2. The molecule has 208 valence electrons. The first-order chi connectivity index (χ1) is 18.5. The second-order valence-electron chi connectivity index (χ2n) is 10.4. The summed E-state index contributed by atoms with van der Waals surface area (Å²) >= 11 is 0. The third-order valence-electron chi connectivity index (χ3n) is 7.00.